The van der Waals surface area contributed by atoms with Crippen LogP contribution in [-0.2, 0) is 4.74 Å². The number of carbonyl (C=O) groups excluding carboxylic acids is 1. The Morgan fingerprint density at radius 1 is 1.69 bits per heavy atom. The minimum Gasteiger partial charge on any atom is -0.461 e. The van der Waals surface area contributed by atoms with Crippen LogP contribution in [-0.4, -0.2) is 17.6 Å². The van der Waals surface area contributed by atoms with Gasteiger partial charge in [-0.25, -0.2) is 9.78 Å². The third-order valence-corrected chi connectivity index (χ3v) is 1.68. The monoisotopic (exact) mass is 180 g/mol. The number of esters is 1. The summed E-state index contributed by atoms with van der Waals surface area (Å²) in [6.07, 6.45) is 1.54. The van der Waals surface area contributed by atoms with E-state index in [0.717, 1.165) is 5.56 Å². The molecule has 70 valence electrons. The predicted molar refractivity (Wildman–Crippen MR) is 49.3 cm³/mol. The summed E-state index contributed by atoms with van der Waals surface area (Å²) in [5.41, 5.74) is 7.07. The van der Waals surface area contributed by atoms with E-state index < -0.39 is 5.97 Å². The number of hydrogen-bond donors (Lipinski definition) is 1. The van der Waals surface area contributed by atoms with Crippen LogP contribution in [0.2, 0.25) is 0 Å². The molecule has 1 aromatic rings. The number of carbonyl (C=O) groups is 1. The van der Waals surface area contributed by atoms with E-state index >= 15 is 0 Å². The van der Waals surface area contributed by atoms with Gasteiger partial charge in [0.2, 0.25) is 0 Å². The lowest BCUT2D eigenvalue weighted by molar-refractivity contribution is 0.0521. The number of rotatable bonds is 2. The quantitative estimate of drug-likeness (QED) is 0.693. The van der Waals surface area contributed by atoms with Crippen molar-refractivity contribution in [3.8, 4) is 0 Å². The van der Waals surface area contributed by atoms with E-state index in [9.17, 15) is 4.79 Å². The second kappa shape index (κ2) is 3.89. The Bertz CT molecular complexity index is 323. The van der Waals surface area contributed by atoms with E-state index in [1.807, 2.05) is 6.92 Å². The molecule has 13 heavy (non-hydrogen) atoms. The maximum atomic E-state index is 11.3. The molecule has 0 atom stereocenters. The standard InChI is InChI=1S/C9H12N2O2/c1-3-13-9(12)8-7(10)6(2)4-5-11-8/h4-5H,3,10H2,1-2H3. The summed E-state index contributed by atoms with van der Waals surface area (Å²) < 4.78 is 4.78. The SMILES string of the molecule is CCOC(=O)c1nccc(C)c1N. The van der Waals surface area contributed by atoms with E-state index in [2.05, 4.69) is 4.98 Å². The van der Waals surface area contributed by atoms with Crippen LogP contribution >= 0.6 is 0 Å². The fraction of sp³-hybridized carbons (Fsp3) is 0.333. The highest BCUT2D eigenvalue weighted by Gasteiger charge is 2.12. The smallest absolute Gasteiger partial charge is 0.359 e. The largest absolute Gasteiger partial charge is 0.461 e. The van der Waals surface area contributed by atoms with Crippen LogP contribution in [0.4, 0.5) is 5.69 Å². The molecule has 0 saturated heterocycles. The van der Waals surface area contributed by atoms with E-state index in [-0.39, 0.29) is 5.69 Å². The first-order chi connectivity index (χ1) is 6.16. The van der Waals surface area contributed by atoms with Gasteiger partial charge in [0.25, 0.3) is 0 Å². The molecule has 0 radical (unpaired) electrons. The molecule has 0 aromatic carbocycles. The predicted octanol–water partition coefficient (Wildman–Crippen LogP) is 1.15. The van der Waals surface area contributed by atoms with Gasteiger partial charge in [0, 0.05) is 6.20 Å². The minimum atomic E-state index is -0.469. The van der Waals surface area contributed by atoms with Gasteiger partial charge in [-0.2, -0.15) is 0 Å². The normalized spacial score (nSPS) is 9.69. The average Bonchev–Trinajstić information content (AvgIpc) is 2.10. The summed E-state index contributed by atoms with van der Waals surface area (Å²) in [4.78, 5) is 15.1. The number of ether oxygens (including phenoxy) is 1. The molecule has 4 heteroatoms. The molecule has 0 spiro atoms. The van der Waals surface area contributed by atoms with Crippen molar-refractivity contribution in [2.24, 2.45) is 0 Å². The zero-order valence-corrected chi connectivity index (χ0v) is 7.70. The number of aryl methyl sites for hydroxylation is 1. The Morgan fingerprint density at radius 2 is 2.38 bits per heavy atom. The highest BCUT2D eigenvalue weighted by atomic mass is 16.5. The first-order valence-corrected chi connectivity index (χ1v) is 4.05. The van der Waals surface area contributed by atoms with Crippen LogP contribution < -0.4 is 5.73 Å². The highest BCUT2D eigenvalue weighted by Crippen LogP contribution is 2.14. The minimum absolute atomic E-state index is 0.196. The lowest BCUT2D eigenvalue weighted by Gasteiger charge is -2.05. The maximum absolute atomic E-state index is 11.3. The molecule has 1 rings (SSSR count). The summed E-state index contributed by atoms with van der Waals surface area (Å²) >= 11 is 0. The van der Waals surface area contributed by atoms with Gasteiger partial charge in [0.1, 0.15) is 0 Å². The first-order valence-electron chi connectivity index (χ1n) is 4.05. The third kappa shape index (κ3) is 1.96. The molecule has 0 aliphatic heterocycles. The van der Waals surface area contributed by atoms with E-state index in [4.69, 9.17) is 10.5 Å². The second-order valence-electron chi connectivity index (χ2n) is 2.61. The van der Waals surface area contributed by atoms with E-state index in [0.29, 0.717) is 12.3 Å². The van der Waals surface area contributed by atoms with Gasteiger partial charge in [-0.3, -0.25) is 0 Å². The Hall–Kier alpha value is -1.58. The number of nitrogens with two attached hydrogens (primary N) is 1. The highest BCUT2D eigenvalue weighted by molar-refractivity contribution is 5.93. The van der Waals surface area contributed by atoms with Gasteiger partial charge < -0.3 is 10.5 Å². The summed E-state index contributed by atoms with van der Waals surface area (Å²) in [5, 5.41) is 0. The molecule has 0 amide bonds. The number of pyridine rings is 1. The second-order valence-corrected chi connectivity index (χ2v) is 2.61. The van der Waals surface area contributed by atoms with Crippen LogP contribution in [0.25, 0.3) is 0 Å². The van der Waals surface area contributed by atoms with Gasteiger partial charge in [-0.05, 0) is 25.5 Å². The van der Waals surface area contributed by atoms with Crippen molar-refractivity contribution in [2.45, 2.75) is 13.8 Å². The van der Waals surface area contributed by atoms with Gasteiger partial charge in [-0.15, -0.1) is 0 Å². The molecule has 0 aliphatic rings. The number of nitrogen functional groups attached to an aromatic ring is 1. The fourth-order valence-electron chi connectivity index (χ4n) is 0.932. The zero-order chi connectivity index (χ0) is 9.84. The molecule has 1 heterocycles. The molecule has 0 fully saturated rings. The lowest BCUT2D eigenvalue weighted by Crippen LogP contribution is -2.11. The van der Waals surface area contributed by atoms with Crippen LogP contribution in [0.15, 0.2) is 12.3 Å². The van der Waals surface area contributed by atoms with Crippen molar-refractivity contribution < 1.29 is 9.53 Å². The number of hydrogen-bond acceptors (Lipinski definition) is 4. The van der Waals surface area contributed by atoms with Gasteiger partial charge >= 0.3 is 5.97 Å². The molecule has 2 N–H and O–H groups in total. The first kappa shape index (κ1) is 9.51. The summed E-state index contributed by atoms with van der Waals surface area (Å²) in [7, 11) is 0. The molecule has 1 aromatic heterocycles. The molecule has 0 unspecified atom stereocenters. The van der Waals surface area contributed by atoms with E-state index in [1.54, 1.807) is 13.0 Å². The van der Waals surface area contributed by atoms with Crippen molar-refractivity contribution in [1.82, 2.24) is 4.98 Å². The Labute approximate surface area is 76.7 Å². The zero-order valence-electron chi connectivity index (χ0n) is 7.70. The van der Waals surface area contributed by atoms with Crippen LogP contribution in [0, 0.1) is 6.92 Å². The summed E-state index contributed by atoms with van der Waals surface area (Å²) in [6, 6.07) is 1.75. The van der Waals surface area contributed by atoms with Crippen molar-refractivity contribution in [3.05, 3.63) is 23.5 Å². The Morgan fingerprint density at radius 3 is 3.00 bits per heavy atom. The molecule has 0 aliphatic carbocycles. The van der Waals surface area contributed by atoms with Crippen LogP contribution in [0.5, 0.6) is 0 Å². The number of anilines is 1. The van der Waals surface area contributed by atoms with Gasteiger partial charge in [0.05, 0.1) is 12.3 Å². The summed E-state index contributed by atoms with van der Waals surface area (Å²) in [5.74, 6) is -0.469. The van der Waals surface area contributed by atoms with E-state index in [1.165, 1.54) is 6.20 Å². The third-order valence-electron chi connectivity index (χ3n) is 1.68. The van der Waals surface area contributed by atoms with Crippen LogP contribution in [0.1, 0.15) is 23.0 Å². The van der Waals surface area contributed by atoms with Gasteiger partial charge in [-0.1, -0.05) is 0 Å². The van der Waals surface area contributed by atoms with Crippen molar-refractivity contribution in [3.63, 3.8) is 0 Å². The lowest BCUT2D eigenvalue weighted by atomic mass is 10.2. The maximum Gasteiger partial charge on any atom is 0.359 e. The van der Waals surface area contributed by atoms with Gasteiger partial charge in [0.15, 0.2) is 5.69 Å². The van der Waals surface area contributed by atoms with Crippen LogP contribution in [0.3, 0.4) is 0 Å². The van der Waals surface area contributed by atoms with Crippen molar-refractivity contribution >= 4 is 11.7 Å². The number of nitrogens with zero attached hydrogens (tertiary/aromatic N) is 1. The Kier molecular flexibility index (Phi) is 2.84. The molecule has 4 nitrogen and oxygen atoms in total. The fourth-order valence-corrected chi connectivity index (χ4v) is 0.932. The topological polar surface area (TPSA) is 65.2 Å². The average molecular weight is 180 g/mol. The summed E-state index contributed by atoms with van der Waals surface area (Å²) in [6.45, 7) is 3.89. The van der Waals surface area contributed by atoms with Crippen molar-refractivity contribution in [1.29, 1.82) is 0 Å². The van der Waals surface area contributed by atoms with Crippen molar-refractivity contribution in [2.75, 3.05) is 12.3 Å². The molecular weight excluding hydrogens is 168 g/mol. The Balaban J connectivity index is 3.01. The molecule has 0 bridgehead atoms. The number of aromatic nitrogens is 1. The molecule has 0 saturated carbocycles. The molecular formula is C9H12N2O2.